The van der Waals surface area contributed by atoms with E-state index >= 15 is 0 Å². The van der Waals surface area contributed by atoms with Gasteiger partial charge in [-0.05, 0) is 43.2 Å². The number of pyridine rings is 1. The van der Waals surface area contributed by atoms with E-state index < -0.39 is 11.1 Å². The fourth-order valence-corrected chi connectivity index (χ4v) is 7.72. The number of fused-ring (bicyclic) bond motifs is 4. The number of aliphatic hydroxyl groups is 1. The third kappa shape index (κ3) is 4.02. The van der Waals surface area contributed by atoms with Gasteiger partial charge in [0, 0.05) is 53.4 Å². The first-order chi connectivity index (χ1) is 23.2. The molecule has 10 nitrogen and oxygen atoms in total. The predicted molar refractivity (Wildman–Crippen MR) is 180 cm³/mol. The second-order valence-electron chi connectivity index (χ2n) is 13.0. The zero-order chi connectivity index (χ0) is 32.8. The number of H-pyrrole nitrogens is 1. The van der Waals surface area contributed by atoms with E-state index in [-0.39, 0.29) is 24.7 Å². The van der Waals surface area contributed by atoms with Crippen LogP contribution in [0.2, 0.25) is 0 Å². The summed E-state index contributed by atoms with van der Waals surface area (Å²) in [5.74, 6) is -0.678. The molecule has 2 N–H and O–H groups in total. The number of benzene rings is 3. The summed E-state index contributed by atoms with van der Waals surface area (Å²) in [5.41, 5.74) is 6.83. The first-order valence-electron chi connectivity index (χ1n) is 15.8. The van der Waals surface area contributed by atoms with Crippen molar-refractivity contribution in [2.45, 2.75) is 37.8 Å². The SMILES string of the molecule is Cc1cc2ncc3c(-c4ccn[nH]4)c(-c4ccccc4)c(-c4ccc(C5(N6C(=O)c7ccccc7C6=O)CC(C)(O)C5)cc4)nc3n2n1. The van der Waals surface area contributed by atoms with Gasteiger partial charge in [-0.1, -0.05) is 66.7 Å². The molecule has 9 rings (SSSR count). The molecule has 4 aromatic heterocycles. The van der Waals surface area contributed by atoms with E-state index in [1.165, 1.54) is 4.90 Å². The highest BCUT2D eigenvalue weighted by Crippen LogP contribution is 2.55. The number of nitrogens with zero attached hydrogens (tertiary/aromatic N) is 6. The van der Waals surface area contributed by atoms with Crippen LogP contribution in [-0.4, -0.2) is 57.2 Å². The second kappa shape index (κ2) is 10.00. The maximum atomic E-state index is 13.7. The molecule has 0 bridgehead atoms. The third-order valence-electron chi connectivity index (χ3n) is 9.65. The Balaban J connectivity index is 1.26. The molecule has 5 heterocycles. The number of rotatable bonds is 5. The van der Waals surface area contributed by atoms with Crippen molar-refractivity contribution in [1.29, 1.82) is 0 Å². The van der Waals surface area contributed by atoms with Crippen molar-refractivity contribution in [2.24, 2.45) is 0 Å². The largest absolute Gasteiger partial charge is 0.390 e. The fraction of sp³-hybridized carbons (Fsp3) is 0.158. The normalized spacial score (nSPS) is 20.4. The molecular weight excluding hydrogens is 602 g/mol. The lowest BCUT2D eigenvalue weighted by Crippen LogP contribution is -2.63. The van der Waals surface area contributed by atoms with Crippen molar-refractivity contribution < 1.29 is 14.7 Å². The molecule has 7 aromatic rings. The van der Waals surface area contributed by atoms with E-state index in [9.17, 15) is 14.7 Å². The van der Waals surface area contributed by atoms with Gasteiger partial charge in [0.2, 0.25) is 0 Å². The van der Waals surface area contributed by atoms with E-state index in [1.54, 1.807) is 41.9 Å². The van der Waals surface area contributed by atoms with E-state index in [1.807, 2.05) is 67.7 Å². The summed E-state index contributed by atoms with van der Waals surface area (Å²) in [5, 5.41) is 24.0. The van der Waals surface area contributed by atoms with Gasteiger partial charge in [-0.3, -0.25) is 19.6 Å². The monoisotopic (exact) mass is 631 g/mol. The Labute approximate surface area is 274 Å². The van der Waals surface area contributed by atoms with Gasteiger partial charge in [-0.2, -0.15) is 14.7 Å². The summed E-state index contributed by atoms with van der Waals surface area (Å²) in [6.45, 7) is 3.67. The summed E-state index contributed by atoms with van der Waals surface area (Å²) in [6, 6.07) is 28.7. The van der Waals surface area contributed by atoms with Crippen molar-refractivity contribution in [3.8, 4) is 33.6 Å². The first kappa shape index (κ1) is 28.2. The summed E-state index contributed by atoms with van der Waals surface area (Å²) < 4.78 is 1.77. The highest BCUT2D eigenvalue weighted by Gasteiger charge is 2.60. The number of aromatic amines is 1. The number of imide groups is 1. The average Bonchev–Trinajstić information content (AvgIpc) is 3.81. The van der Waals surface area contributed by atoms with Crippen LogP contribution in [0.4, 0.5) is 0 Å². The highest BCUT2D eigenvalue weighted by atomic mass is 16.3. The zero-order valence-corrected chi connectivity index (χ0v) is 26.2. The van der Waals surface area contributed by atoms with Crippen LogP contribution in [0.1, 0.15) is 51.7 Å². The molecule has 0 saturated heterocycles. The Hall–Kier alpha value is -6.00. The minimum absolute atomic E-state index is 0.238. The van der Waals surface area contributed by atoms with E-state index in [2.05, 4.69) is 22.3 Å². The number of amides is 2. The van der Waals surface area contributed by atoms with Crippen molar-refractivity contribution in [2.75, 3.05) is 0 Å². The van der Waals surface area contributed by atoms with E-state index in [0.29, 0.717) is 22.4 Å². The molecule has 3 aromatic carbocycles. The summed E-state index contributed by atoms with van der Waals surface area (Å²) in [7, 11) is 0. The number of carbonyl (C=O) groups is 2. The molecule has 2 aliphatic rings. The number of aryl methyl sites for hydroxylation is 1. The van der Waals surface area contributed by atoms with Crippen molar-refractivity contribution in [3.05, 3.63) is 126 Å². The Bertz CT molecular complexity index is 2390. The number of aromatic nitrogens is 6. The van der Waals surface area contributed by atoms with E-state index in [0.717, 1.165) is 50.3 Å². The van der Waals surface area contributed by atoms with Gasteiger partial charge in [0.25, 0.3) is 11.8 Å². The molecule has 0 atom stereocenters. The number of nitrogens with one attached hydrogen (secondary N) is 1. The molecule has 1 aliphatic heterocycles. The lowest BCUT2D eigenvalue weighted by molar-refractivity contribution is -0.118. The molecule has 48 heavy (non-hydrogen) atoms. The van der Waals surface area contributed by atoms with Gasteiger partial charge in [0.15, 0.2) is 11.3 Å². The van der Waals surface area contributed by atoms with Crippen LogP contribution < -0.4 is 0 Å². The minimum atomic E-state index is -1.02. The van der Waals surface area contributed by atoms with Crippen LogP contribution in [-0.2, 0) is 5.54 Å². The van der Waals surface area contributed by atoms with E-state index in [4.69, 9.17) is 15.1 Å². The van der Waals surface area contributed by atoms with Crippen molar-refractivity contribution in [3.63, 3.8) is 0 Å². The van der Waals surface area contributed by atoms with Crippen LogP contribution in [0.5, 0.6) is 0 Å². The van der Waals surface area contributed by atoms with Crippen molar-refractivity contribution in [1.82, 2.24) is 34.7 Å². The van der Waals surface area contributed by atoms with Gasteiger partial charge in [-0.15, -0.1) is 0 Å². The minimum Gasteiger partial charge on any atom is -0.390 e. The maximum Gasteiger partial charge on any atom is 0.262 e. The molecule has 1 saturated carbocycles. The molecule has 1 aliphatic carbocycles. The average molecular weight is 632 g/mol. The number of hydrogen-bond donors (Lipinski definition) is 2. The van der Waals surface area contributed by atoms with Crippen LogP contribution >= 0.6 is 0 Å². The maximum absolute atomic E-state index is 13.7. The standard InChI is InChI=1S/C38H29N7O3/c1-22-18-30-39-19-28-32(29-16-17-40-42-29)31(23-8-4-3-5-9-23)33(41-34(28)45(30)43-22)24-12-14-25(15-13-24)38(20-37(2,48)21-38)44-35(46)26-10-6-7-11-27(26)36(44)47/h3-19,48H,20-21H2,1-2H3,(H,40,42). The number of hydrogen-bond acceptors (Lipinski definition) is 7. The molecule has 0 radical (unpaired) electrons. The Kier molecular flexibility index (Phi) is 5.88. The molecule has 1 fully saturated rings. The quantitative estimate of drug-likeness (QED) is 0.212. The van der Waals surface area contributed by atoms with Gasteiger partial charge in [-0.25, -0.2) is 9.97 Å². The third-order valence-corrected chi connectivity index (χ3v) is 9.65. The van der Waals surface area contributed by atoms with Gasteiger partial charge < -0.3 is 5.11 Å². The first-order valence-corrected chi connectivity index (χ1v) is 15.8. The second-order valence-corrected chi connectivity index (χ2v) is 13.0. The molecule has 10 heteroatoms. The molecule has 234 valence electrons. The lowest BCUT2D eigenvalue weighted by Gasteiger charge is -2.55. The summed E-state index contributed by atoms with van der Waals surface area (Å²) in [4.78, 5) is 38.7. The molecular formula is C38H29N7O3. The molecule has 0 unspecified atom stereocenters. The Morgan fingerprint density at radius 3 is 2.17 bits per heavy atom. The summed E-state index contributed by atoms with van der Waals surface area (Å²) in [6.07, 6.45) is 4.04. The van der Waals surface area contributed by atoms with Gasteiger partial charge in [0.1, 0.15) is 0 Å². The topological polar surface area (TPSA) is 129 Å². The Morgan fingerprint density at radius 1 is 0.833 bits per heavy atom. The molecule has 2 amide bonds. The van der Waals surface area contributed by atoms with Gasteiger partial charge in [0.05, 0.1) is 39.3 Å². The molecule has 0 spiro atoms. The van der Waals surface area contributed by atoms with Crippen LogP contribution in [0.3, 0.4) is 0 Å². The van der Waals surface area contributed by atoms with Crippen LogP contribution in [0.25, 0.3) is 50.3 Å². The van der Waals surface area contributed by atoms with Crippen molar-refractivity contribution >= 4 is 28.5 Å². The zero-order valence-electron chi connectivity index (χ0n) is 26.2. The fourth-order valence-electron chi connectivity index (χ4n) is 7.72. The Morgan fingerprint density at radius 2 is 1.52 bits per heavy atom. The van der Waals surface area contributed by atoms with Gasteiger partial charge >= 0.3 is 0 Å². The number of carbonyl (C=O) groups excluding carboxylic acids is 2. The highest BCUT2D eigenvalue weighted by molar-refractivity contribution is 6.22. The van der Waals surface area contributed by atoms with Crippen LogP contribution in [0, 0.1) is 6.92 Å². The summed E-state index contributed by atoms with van der Waals surface area (Å²) >= 11 is 0. The lowest BCUT2D eigenvalue weighted by atomic mass is 9.61. The smallest absolute Gasteiger partial charge is 0.262 e. The van der Waals surface area contributed by atoms with Crippen LogP contribution in [0.15, 0.2) is 103 Å². The predicted octanol–water partition coefficient (Wildman–Crippen LogP) is 6.35.